The van der Waals surface area contributed by atoms with Crippen molar-refractivity contribution in [3.63, 3.8) is 0 Å². The molecule has 82 valence electrons. The summed E-state index contributed by atoms with van der Waals surface area (Å²) in [5, 5.41) is 4.08. The van der Waals surface area contributed by atoms with Crippen molar-refractivity contribution in [3.05, 3.63) is 36.0 Å². The number of aromatic nitrogens is 3. The molecule has 0 fully saturated rings. The number of hydrogen-bond acceptors (Lipinski definition) is 2. The van der Waals surface area contributed by atoms with Crippen LogP contribution in [-0.2, 0) is 6.54 Å². The van der Waals surface area contributed by atoms with Gasteiger partial charge >= 0.3 is 0 Å². The van der Waals surface area contributed by atoms with Gasteiger partial charge in [0.05, 0.1) is 6.54 Å². The molecule has 1 aliphatic rings. The van der Waals surface area contributed by atoms with Gasteiger partial charge in [0, 0.05) is 0 Å². The lowest BCUT2D eigenvalue weighted by Crippen LogP contribution is -2.03. The molecule has 1 heterocycles. The summed E-state index contributed by atoms with van der Waals surface area (Å²) in [6.45, 7) is 7.04. The van der Waals surface area contributed by atoms with Crippen LogP contribution in [0.5, 0.6) is 0 Å². The molecule has 3 nitrogen and oxygen atoms in total. The number of allylic oxidation sites excluding steroid dienone is 4. The smallest absolute Gasteiger partial charge is 0.137 e. The molecule has 2 rings (SSSR count). The highest BCUT2D eigenvalue weighted by molar-refractivity contribution is 5.27. The second kappa shape index (κ2) is 6.17. The van der Waals surface area contributed by atoms with E-state index in [2.05, 4.69) is 29.2 Å². The molecule has 0 saturated carbocycles. The van der Waals surface area contributed by atoms with Gasteiger partial charge in [-0.15, -0.1) is 0 Å². The lowest BCUT2D eigenvalue weighted by Gasteiger charge is -2.11. The van der Waals surface area contributed by atoms with E-state index in [0.29, 0.717) is 0 Å². The Morgan fingerprint density at radius 1 is 1.40 bits per heavy atom. The maximum absolute atomic E-state index is 4.08. The first-order valence-corrected chi connectivity index (χ1v) is 5.54. The molecule has 0 atom stereocenters. The minimum Gasteiger partial charge on any atom is -0.249 e. The zero-order valence-corrected chi connectivity index (χ0v) is 9.77. The molecule has 0 radical (unpaired) electrons. The molecule has 1 aromatic rings. The van der Waals surface area contributed by atoms with Crippen LogP contribution in [0, 0.1) is 0 Å². The monoisotopic (exact) mass is 205 g/mol. The van der Waals surface area contributed by atoms with E-state index in [1.54, 1.807) is 12.7 Å². The van der Waals surface area contributed by atoms with E-state index in [4.69, 9.17) is 0 Å². The molecular weight excluding hydrogens is 186 g/mol. The molecule has 0 unspecified atom stereocenters. The normalized spacial score (nSPS) is 14.9. The minimum atomic E-state index is 0.850. The summed E-state index contributed by atoms with van der Waals surface area (Å²) in [4.78, 5) is 3.92. The average molecular weight is 205 g/mol. The Morgan fingerprint density at radius 3 is 2.80 bits per heavy atom. The van der Waals surface area contributed by atoms with Crippen LogP contribution in [0.3, 0.4) is 0 Å². The van der Waals surface area contributed by atoms with Gasteiger partial charge in [-0.3, -0.25) is 0 Å². The van der Waals surface area contributed by atoms with Crippen LogP contribution in [-0.4, -0.2) is 14.8 Å². The SMILES string of the molecule is CC.CC1=C(Cn2cncn2)C=CCC1. The first-order valence-electron chi connectivity index (χ1n) is 5.54. The van der Waals surface area contributed by atoms with Crippen LogP contribution in [0.2, 0.25) is 0 Å². The molecule has 0 saturated heterocycles. The first-order chi connectivity index (χ1) is 7.36. The van der Waals surface area contributed by atoms with Gasteiger partial charge in [-0.05, 0) is 25.3 Å². The van der Waals surface area contributed by atoms with Gasteiger partial charge in [0.25, 0.3) is 0 Å². The Hall–Kier alpha value is -1.38. The molecule has 1 aromatic heterocycles. The Bertz CT molecular complexity index is 334. The van der Waals surface area contributed by atoms with Crippen LogP contribution in [0.25, 0.3) is 0 Å². The van der Waals surface area contributed by atoms with Gasteiger partial charge in [-0.1, -0.05) is 31.6 Å². The van der Waals surface area contributed by atoms with Crippen LogP contribution in [0.1, 0.15) is 33.6 Å². The number of rotatable bonds is 2. The molecule has 0 aromatic carbocycles. The van der Waals surface area contributed by atoms with E-state index < -0.39 is 0 Å². The van der Waals surface area contributed by atoms with Crippen molar-refractivity contribution in [1.82, 2.24) is 14.8 Å². The van der Waals surface area contributed by atoms with E-state index in [1.165, 1.54) is 24.0 Å². The molecule has 0 aliphatic heterocycles. The van der Waals surface area contributed by atoms with Crippen LogP contribution >= 0.6 is 0 Å². The van der Waals surface area contributed by atoms with Crippen molar-refractivity contribution in [2.45, 2.75) is 40.2 Å². The van der Waals surface area contributed by atoms with Gasteiger partial charge in [0.1, 0.15) is 12.7 Å². The molecule has 0 amide bonds. The van der Waals surface area contributed by atoms with Crippen LogP contribution in [0.15, 0.2) is 36.0 Å². The highest BCUT2D eigenvalue weighted by Crippen LogP contribution is 2.18. The Balaban J connectivity index is 0.000000531. The first kappa shape index (κ1) is 11.7. The fourth-order valence-electron chi connectivity index (χ4n) is 1.50. The standard InChI is InChI=1S/C10H13N3.C2H6/c1-9-4-2-3-5-10(9)6-13-8-11-7-12-13;1-2/h3,5,7-8H,2,4,6H2,1H3;1-2H3. The summed E-state index contributed by atoms with van der Waals surface area (Å²) >= 11 is 0. The van der Waals surface area contributed by atoms with Gasteiger partial charge in [-0.25, -0.2) is 9.67 Å². The molecule has 0 N–H and O–H groups in total. The van der Waals surface area contributed by atoms with E-state index in [0.717, 1.165) is 6.54 Å². The van der Waals surface area contributed by atoms with Crippen molar-refractivity contribution < 1.29 is 0 Å². The molecule has 0 bridgehead atoms. The summed E-state index contributed by atoms with van der Waals surface area (Å²) in [6.07, 6.45) is 10.1. The summed E-state index contributed by atoms with van der Waals surface area (Å²) in [6, 6.07) is 0. The molecule has 1 aliphatic carbocycles. The van der Waals surface area contributed by atoms with Crippen LogP contribution < -0.4 is 0 Å². The topological polar surface area (TPSA) is 30.7 Å². The predicted molar refractivity (Wildman–Crippen MR) is 62.4 cm³/mol. The molecule has 3 heteroatoms. The second-order valence-electron chi connectivity index (χ2n) is 3.34. The Labute approximate surface area is 91.5 Å². The lowest BCUT2D eigenvalue weighted by atomic mass is 9.99. The molecule has 15 heavy (non-hydrogen) atoms. The average Bonchev–Trinajstić information content (AvgIpc) is 2.77. The maximum atomic E-state index is 4.08. The second-order valence-corrected chi connectivity index (χ2v) is 3.34. The fourth-order valence-corrected chi connectivity index (χ4v) is 1.50. The summed E-state index contributed by atoms with van der Waals surface area (Å²) in [5.74, 6) is 0. The van der Waals surface area contributed by atoms with Crippen LogP contribution in [0.4, 0.5) is 0 Å². The third kappa shape index (κ3) is 3.35. The van der Waals surface area contributed by atoms with E-state index in [1.807, 2.05) is 18.5 Å². The van der Waals surface area contributed by atoms with Crippen molar-refractivity contribution in [3.8, 4) is 0 Å². The molecule has 0 spiro atoms. The van der Waals surface area contributed by atoms with Gasteiger partial charge in [0.15, 0.2) is 0 Å². The summed E-state index contributed by atoms with van der Waals surface area (Å²) < 4.78 is 1.86. The van der Waals surface area contributed by atoms with E-state index >= 15 is 0 Å². The quantitative estimate of drug-likeness (QED) is 0.743. The summed E-state index contributed by atoms with van der Waals surface area (Å²) in [5.41, 5.74) is 2.84. The highest BCUT2D eigenvalue weighted by atomic mass is 15.3. The van der Waals surface area contributed by atoms with Crippen molar-refractivity contribution >= 4 is 0 Å². The van der Waals surface area contributed by atoms with Crippen molar-refractivity contribution in [1.29, 1.82) is 0 Å². The van der Waals surface area contributed by atoms with E-state index in [9.17, 15) is 0 Å². The largest absolute Gasteiger partial charge is 0.249 e. The van der Waals surface area contributed by atoms with E-state index in [-0.39, 0.29) is 0 Å². The summed E-state index contributed by atoms with van der Waals surface area (Å²) in [7, 11) is 0. The highest BCUT2D eigenvalue weighted by Gasteiger charge is 2.04. The molecular formula is C12H19N3. The van der Waals surface area contributed by atoms with Crippen molar-refractivity contribution in [2.75, 3.05) is 0 Å². The zero-order valence-electron chi connectivity index (χ0n) is 9.77. The minimum absolute atomic E-state index is 0.850. The number of nitrogens with zero attached hydrogens (tertiary/aromatic N) is 3. The zero-order chi connectivity index (χ0) is 11.1. The maximum Gasteiger partial charge on any atom is 0.137 e. The van der Waals surface area contributed by atoms with Gasteiger partial charge < -0.3 is 0 Å². The fraction of sp³-hybridized carbons (Fsp3) is 0.500. The number of hydrogen-bond donors (Lipinski definition) is 0. The third-order valence-electron chi connectivity index (χ3n) is 2.35. The predicted octanol–water partition coefficient (Wildman–Crippen LogP) is 2.97. The Kier molecular flexibility index (Phi) is 4.81. The van der Waals surface area contributed by atoms with Gasteiger partial charge in [-0.2, -0.15) is 5.10 Å². The third-order valence-corrected chi connectivity index (χ3v) is 2.35. The van der Waals surface area contributed by atoms with Gasteiger partial charge in [0.2, 0.25) is 0 Å². The Morgan fingerprint density at radius 2 is 2.20 bits per heavy atom. The lowest BCUT2D eigenvalue weighted by molar-refractivity contribution is 0.673. The van der Waals surface area contributed by atoms with Crippen molar-refractivity contribution in [2.24, 2.45) is 0 Å².